The average molecular weight is 563 g/mol. The van der Waals surface area contributed by atoms with Gasteiger partial charge in [-0.15, -0.1) is 0 Å². The molecule has 1 aromatic heterocycles. The third-order valence-corrected chi connectivity index (χ3v) is 8.08. The number of benzene rings is 2. The Morgan fingerprint density at radius 3 is 2.59 bits per heavy atom. The molecule has 1 saturated carbocycles. The molecular weight excluding hydrogens is 516 g/mol. The summed E-state index contributed by atoms with van der Waals surface area (Å²) in [6.45, 7) is 5.46. The van der Waals surface area contributed by atoms with Crippen molar-refractivity contribution in [2.75, 3.05) is 25.7 Å². The number of urea groups is 1. The van der Waals surface area contributed by atoms with Gasteiger partial charge in [-0.05, 0) is 67.5 Å². The highest BCUT2D eigenvalue weighted by atomic mass is 16.5. The zero-order chi connectivity index (χ0) is 29.2. The second kappa shape index (κ2) is 14.9. The minimum absolute atomic E-state index is 0.0520. The maximum atomic E-state index is 13.0. The summed E-state index contributed by atoms with van der Waals surface area (Å²) in [4.78, 5) is 31.2. The summed E-state index contributed by atoms with van der Waals surface area (Å²) in [5, 5.41) is 3.22. The summed E-state index contributed by atoms with van der Waals surface area (Å²) in [7, 11) is 3.26. The molecule has 0 bridgehead atoms. The fourth-order valence-corrected chi connectivity index (χ4v) is 5.43. The first-order valence-electron chi connectivity index (χ1n) is 15.2. The van der Waals surface area contributed by atoms with Crippen LogP contribution in [0.5, 0.6) is 5.75 Å². The first-order valence-corrected chi connectivity index (χ1v) is 15.2. The number of hydrogen-bond acceptors (Lipinski definition) is 5. The fourth-order valence-electron chi connectivity index (χ4n) is 5.43. The lowest BCUT2D eigenvalue weighted by molar-refractivity contribution is -0.141. The van der Waals surface area contributed by atoms with Crippen LogP contribution in [0.3, 0.4) is 0 Å². The summed E-state index contributed by atoms with van der Waals surface area (Å²) in [6.07, 6.45) is 10.0. The molecule has 2 amide bonds. The van der Waals surface area contributed by atoms with E-state index in [-0.39, 0.29) is 24.0 Å². The highest BCUT2D eigenvalue weighted by Crippen LogP contribution is 2.26. The van der Waals surface area contributed by atoms with Crippen LogP contribution in [0.4, 0.5) is 10.5 Å². The van der Waals surface area contributed by atoms with Gasteiger partial charge in [-0.1, -0.05) is 51.7 Å². The number of amides is 2. The van der Waals surface area contributed by atoms with Crippen LogP contribution >= 0.6 is 0 Å². The Morgan fingerprint density at radius 2 is 1.88 bits per heavy atom. The number of ether oxygens (including phenoxy) is 2. The first-order chi connectivity index (χ1) is 19.9. The molecule has 0 radical (unpaired) electrons. The van der Waals surface area contributed by atoms with E-state index < -0.39 is 0 Å². The van der Waals surface area contributed by atoms with E-state index in [9.17, 15) is 9.59 Å². The van der Waals surface area contributed by atoms with Gasteiger partial charge in [0.05, 0.1) is 24.8 Å². The Hall–Kier alpha value is -3.55. The van der Waals surface area contributed by atoms with Gasteiger partial charge < -0.3 is 19.4 Å². The van der Waals surface area contributed by atoms with Crippen LogP contribution in [-0.2, 0) is 22.5 Å². The van der Waals surface area contributed by atoms with E-state index in [2.05, 4.69) is 35.0 Å². The molecule has 4 rings (SSSR count). The van der Waals surface area contributed by atoms with Crippen molar-refractivity contribution in [2.24, 2.45) is 5.92 Å². The molecule has 1 unspecified atom stereocenters. The summed E-state index contributed by atoms with van der Waals surface area (Å²) >= 11 is 0. The number of methoxy groups -OCH3 is 1. The Kier molecular flexibility index (Phi) is 11.0. The maximum absolute atomic E-state index is 13.0. The van der Waals surface area contributed by atoms with Crippen LogP contribution < -0.4 is 15.0 Å². The number of anilines is 1. The molecule has 3 aromatic rings. The van der Waals surface area contributed by atoms with Crippen LogP contribution in [0.2, 0.25) is 0 Å². The molecule has 222 valence electrons. The molecule has 41 heavy (non-hydrogen) atoms. The quantitative estimate of drug-likeness (QED) is 0.230. The number of nitrogens with zero attached hydrogens (tertiary/aromatic N) is 3. The predicted octanol–water partition coefficient (Wildman–Crippen LogP) is 6.87. The van der Waals surface area contributed by atoms with Crippen molar-refractivity contribution in [1.29, 1.82) is 0 Å². The lowest BCUT2D eigenvalue weighted by atomic mass is 9.96. The van der Waals surface area contributed by atoms with Crippen molar-refractivity contribution in [2.45, 2.75) is 90.6 Å². The summed E-state index contributed by atoms with van der Waals surface area (Å²) in [5.41, 5.74) is 3.99. The molecular formula is C33H46N4O4. The van der Waals surface area contributed by atoms with E-state index in [1.54, 1.807) is 4.90 Å². The zero-order valence-electron chi connectivity index (χ0n) is 25.2. The summed E-state index contributed by atoms with van der Waals surface area (Å²) in [6, 6.07) is 14.5. The molecule has 1 aliphatic rings. The van der Waals surface area contributed by atoms with E-state index in [0.29, 0.717) is 19.6 Å². The first kappa shape index (κ1) is 30.4. The average Bonchev–Trinajstić information content (AvgIpc) is 3.33. The number of unbranched alkanes of at least 4 members (excludes halogenated alkanes) is 1. The monoisotopic (exact) mass is 562 g/mol. The smallest absolute Gasteiger partial charge is 0.321 e. The molecule has 1 atom stereocenters. The van der Waals surface area contributed by atoms with Crippen LogP contribution in [0.15, 0.2) is 42.5 Å². The van der Waals surface area contributed by atoms with Crippen molar-refractivity contribution in [3.63, 3.8) is 0 Å². The minimum atomic E-state index is -0.186. The number of imidazole rings is 1. The summed E-state index contributed by atoms with van der Waals surface area (Å²) < 4.78 is 13.0. The number of carbonyl (C=O) groups is 2. The molecule has 0 spiro atoms. The standard InChI is InChI=1S/C33H46N4O4/c1-5-6-12-31-35-29-18-15-27(36(3)33(39)34-26-10-8-7-9-11-26)22-30(29)37(31)23-25-13-16-28(17-14-25)41-20-19-24(2)21-32(38)40-4/h13-18,22,24,26H,5-12,19-21,23H2,1-4H3,(H,34,39). The molecule has 0 saturated heterocycles. The topological polar surface area (TPSA) is 85.7 Å². The largest absolute Gasteiger partial charge is 0.494 e. The normalized spacial score (nSPS) is 14.5. The van der Waals surface area contributed by atoms with Crippen molar-refractivity contribution in [1.82, 2.24) is 14.9 Å². The number of aryl methyl sites for hydroxylation is 1. The van der Waals surface area contributed by atoms with Gasteiger partial charge in [-0.25, -0.2) is 9.78 Å². The van der Waals surface area contributed by atoms with E-state index >= 15 is 0 Å². The Labute approximate surface area is 244 Å². The predicted molar refractivity (Wildman–Crippen MR) is 164 cm³/mol. The van der Waals surface area contributed by atoms with Crippen LogP contribution in [-0.4, -0.2) is 48.4 Å². The van der Waals surface area contributed by atoms with Gasteiger partial charge in [0.25, 0.3) is 0 Å². The van der Waals surface area contributed by atoms with Gasteiger partial charge in [0.1, 0.15) is 11.6 Å². The van der Waals surface area contributed by atoms with Crippen molar-refractivity contribution in [3.8, 4) is 5.75 Å². The third-order valence-electron chi connectivity index (χ3n) is 8.08. The van der Waals surface area contributed by atoms with Crippen LogP contribution in [0, 0.1) is 5.92 Å². The second-order valence-corrected chi connectivity index (χ2v) is 11.4. The van der Waals surface area contributed by atoms with Crippen molar-refractivity contribution < 1.29 is 19.1 Å². The number of nitrogens with one attached hydrogen (secondary N) is 1. The van der Waals surface area contributed by atoms with Gasteiger partial charge in [0.15, 0.2) is 0 Å². The van der Waals surface area contributed by atoms with Gasteiger partial charge in [-0.2, -0.15) is 0 Å². The highest BCUT2D eigenvalue weighted by Gasteiger charge is 2.20. The van der Waals surface area contributed by atoms with Gasteiger partial charge in [0.2, 0.25) is 0 Å². The molecule has 8 heteroatoms. The zero-order valence-corrected chi connectivity index (χ0v) is 25.2. The van der Waals surface area contributed by atoms with Gasteiger partial charge in [0, 0.05) is 38.2 Å². The second-order valence-electron chi connectivity index (χ2n) is 11.4. The van der Waals surface area contributed by atoms with Crippen molar-refractivity contribution in [3.05, 3.63) is 53.9 Å². The van der Waals surface area contributed by atoms with Crippen LogP contribution in [0.25, 0.3) is 11.0 Å². The van der Waals surface area contributed by atoms with Gasteiger partial charge >= 0.3 is 12.0 Å². The number of aromatic nitrogens is 2. The number of esters is 1. The molecule has 8 nitrogen and oxygen atoms in total. The fraction of sp³-hybridized carbons (Fsp3) is 0.545. The highest BCUT2D eigenvalue weighted by molar-refractivity contribution is 5.94. The third kappa shape index (κ3) is 8.47. The van der Waals surface area contributed by atoms with E-state index in [4.69, 9.17) is 14.5 Å². The number of carbonyl (C=O) groups excluding carboxylic acids is 2. The Bertz CT molecular complexity index is 1280. The molecule has 1 fully saturated rings. The van der Waals surface area contributed by atoms with E-state index in [1.807, 2.05) is 38.2 Å². The molecule has 2 aromatic carbocycles. The van der Waals surface area contributed by atoms with Crippen molar-refractivity contribution >= 4 is 28.7 Å². The SMILES string of the molecule is CCCCc1nc2ccc(N(C)C(=O)NC3CCCCC3)cc2n1Cc1ccc(OCCC(C)CC(=O)OC)cc1. The van der Waals surface area contributed by atoms with Gasteiger partial charge in [-0.3, -0.25) is 9.69 Å². The molecule has 1 heterocycles. The Morgan fingerprint density at radius 1 is 1.12 bits per heavy atom. The lowest BCUT2D eigenvalue weighted by Gasteiger charge is -2.26. The number of fused-ring (bicyclic) bond motifs is 1. The molecule has 1 N–H and O–H groups in total. The van der Waals surface area contributed by atoms with E-state index in [0.717, 1.165) is 72.4 Å². The lowest BCUT2D eigenvalue weighted by Crippen LogP contribution is -2.43. The number of rotatable bonds is 13. The molecule has 0 aliphatic heterocycles. The van der Waals surface area contributed by atoms with Crippen LogP contribution in [0.1, 0.15) is 83.0 Å². The van der Waals surface area contributed by atoms with E-state index in [1.165, 1.54) is 26.4 Å². The maximum Gasteiger partial charge on any atom is 0.321 e. The summed E-state index contributed by atoms with van der Waals surface area (Å²) in [5.74, 6) is 1.90. The number of hydrogen-bond donors (Lipinski definition) is 1. The minimum Gasteiger partial charge on any atom is -0.494 e. The molecule has 1 aliphatic carbocycles. The Balaban J connectivity index is 1.46.